The molecule has 3 aromatic carbocycles. The number of esters is 1. The fourth-order valence-corrected chi connectivity index (χ4v) is 7.21. The minimum absolute atomic E-state index is 0.179. The summed E-state index contributed by atoms with van der Waals surface area (Å²) in [4.78, 5) is 29.0. The van der Waals surface area contributed by atoms with Gasteiger partial charge in [0.25, 0.3) is 0 Å². The molecule has 5 nitrogen and oxygen atoms in total. The monoisotopic (exact) mass is 542 g/mol. The van der Waals surface area contributed by atoms with Crippen molar-refractivity contribution in [1.82, 2.24) is 0 Å². The van der Waals surface area contributed by atoms with Crippen molar-refractivity contribution in [2.75, 3.05) is 17.7 Å². The molecule has 3 N–H and O–H groups in total. The molecule has 0 radical (unpaired) electrons. The highest BCUT2D eigenvalue weighted by atomic mass is 32.2. The zero-order chi connectivity index (χ0) is 26.5. The van der Waals surface area contributed by atoms with Crippen molar-refractivity contribution in [2.24, 2.45) is 0 Å². The third kappa shape index (κ3) is 5.79. The molecule has 2 atom stereocenters. The van der Waals surface area contributed by atoms with Gasteiger partial charge in [0.2, 0.25) is 5.91 Å². The number of carbonyl (C=O) groups is 2. The second-order valence-electron chi connectivity index (χ2n) is 9.25. The van der Waals surface area contributed by atoms with Gasteiger partial charge < -0.3 is 15.8 Å². The Morgan fingerprint density at radius 1 is 1.03 bits per heavy atom. The maximum atomic E-state index is 13.8. The van der Waals surface area contributed by atoms with Gasteiger partial charge in [-0.1, -0.05) is 60.7 Å². The van der Waals surface area contributed by atoms with E-state index in [4.69, 9.17) is 10.5 Å². The smallest absolute Gasteiger partial charge is 0.341 e. The molecule has 4 aromatic rings. The van der Waals surface area contributed by atoms with Gasteiger partial charge in [-0.25, -0.2) is 4.79 Å². The Morgan fingerprint density at radius 3 is 2.39 bits per heavy atom. The number of hydrogen-bond acceptors (Lipinski definition) is 6. The molecule has 194 valence electrons. The lowest BCUT2D eigenvalue weighted by Crippen LogP contribution is -2.20. The van der Waals surface area contributed by atoms with E-state index in [1.54, 1.807) is 6.92 Å². The Hall–Kier alpha value is -3.55. The molecule has 0 aliphatic heterocycles. The number of nitrogen functional groups attached to an aromatic ring is 1. The minimum atomic E-state index is -0.508. The highest BCUT2D eigenvalue weighted by Crippen LogP contribution is 2.44. The van der Waals surface area contributed by atoms with Crippen LogP contribution in [0.2, 0.25) is 0 Å². The first kappa shape index (κ1) is 26.1. The van der Waals surface area contributed by atoms with E-state index in [0.717, 1.165) is 40.2 Å². The molecule has 2 unspecified atom stereocenters. The van der Waals surface area contributed by atoms with Gasteiger partial charge in [0, 0.05) is 15.5 Å². The molecule has 5 rings (SSSR count). The summed E-state index contributed by atoms with van der Waals surface area (Å²) in [6.07, 6.45) is 2.57. The molecule has 0 fully saturated rings. The predicted molar refractivity (Wildman–Crippen MR) is 156 cm³/mol. The molecule has 0 saturated heterocycles. The number of nitrogens with one attached hydrogen (secondary N) is 1. The standard InChI is InChI=1S/C31H30N2O3S2/c1-2-36-31(35)27-25-18-13-22(20-9-5-3-6-10-20)19-26(25)38-30(27)33-29(34)28(21-11-7-4-8-12-21)37-24-16-14-23(32)15-17-24/h3-12,14-17,22,28H,2,13,18-19,32H2,1H3,(H,33,34). The summed E-state index contributed by atoms with van der Waals surface area (Å²) in [6.45, 7) is 2.08. The topological polar surface area (TPSA) is 81.4 Å². The summed E-state index contributed by atoms with van der Waals surface area (Å²) in [5.41, 5.74) is 10.2. The molecule has 1 aliphatic carbocycles. The summed E-state index contributed by atoms with van der Waals surface area (Å²) in [5.74, 6) is -0.165. The highest BCUT2D eigenvalue weighted by Gasteiger charge is 2.32. The van der Waals surface area contributed by atoms with Crippen LogP contribution in [0.3, 0.4) is 0 Å². The minimum Gasteiger partial charge on any atom is -0.462 e. The van der Waals surface area contributed by atoms with Gasteiger partial charge in [-0.3, -0.25) is 4.79 Å². The summed E-state index contributed by atoms with van der Waals surface area (Å²) in [6, 6.07) is 27.7. The number of amides is 1. The van der Waals surface area contributed by atoms with E-state index in [0.29, 0.717) is 22.2 Å². The van der Waals surface area contributed by atoms with Crippen molar-refractivity contribution in [3.05, 3.63) is 112 Å². The first-order valence-corrected chi connectivity index (χ1v) is 14.5. The predicted octanol–water partition coefficient (Wildman–Crippen LogP) is 7.25. The van der Waals surface area contributed by atoms with Gasteiger partial charge in [-0.2, -0.15) is 0 Å². The normalized spacial score (nSPS) is 15.3. The fourth-order valence-electron chi connectivity index (χ4n) is 4.86. The van der Waals surface area contributed by atoms with Crippen molar-refractivity contribution < 1.29 is 14.3 Å². The number of anilines is 2. The number of fused-ring (bicyclic) bond motifs is 1. The summed E-state index contributed by atoms with van der Waals surface area (Å²) < 4.78 is 5.44. The average Bonchev–Trinajstić information content (AvgIpc) is 3.30. The lowest BCUT2D eigenvalue weighted by atomic mass is 9.83. The third-order valence-electron chi connectivity index (χ3n) is 6.73. The van der Waals surface area contributed by atoms with Crippen LogP contribution in [0.1, 0.15) is 56.4 Å². The number of nitrogens with two attached hydrogens (primary N) is 1. The van der Waals surface area contributed by atoms with Crippen LogP contribution in [0.5, 0.6) is 0 Å². The molecule has 1 aliphatic rings. The van der Waals surface area contributed by atoms with Crippen LogP contribution in [0.25, 0.3) is 0 Å². The van der Waals surface area contributed by atoms with Gasteiger partial charge >= 0.3 is 5.97 Å². The Labute approximate surface area is 231 Å². The van der Waals surface area contributed by atoms with E-state index in [1.165, 1.54) is 28.7 Å². The van der Waals surface area contributed by atoms with Crippen LogP contribution in [-0.4, -0.2) is 18.5 Å². The summed E-state index contributed by atoms with van der Waals surface area (Å²) in [5, 5.41) is 3.19. The fraction of sp³-hybridized carbons (Fsp3) is 0.226. The third-order valence-corrected chi connectivity index (χ3v) is 9.16. The molecule has 1 aromatic heterocycles. The molecule has 0 bridgehead atoms. The summed E-state index contributed by atoms with van der Waals surface area (Å²) >= 11 is 2.96. The Morgan fingerprint density at radius 2 is 1.71 bits per heavy atom. The number of thioether (sulfide) groups is 1. The van der Waals surface area contributed by atoms with Crippen LogP contribution in [0.4, 0.5) is 10.7 Å². The lowest BCUT2D eigenvalue weighted by Gasteiger charge is -2.23. The Bertz CT molecular complexity index is 1400. The maximum absolute atomic E-state index is 13.8. The van der Waals surface area contributed by atoms with Gasteiger partial charge in [0.05, 0.1) is 12.2 Å². The van der Waals surface area contributed by atoms with Crippen molar-refractivity contribution in [1.29, 1.82) is 0 Å². The molecule has 0 saturated carbocycles. The van der Waals surface area contributed by atoms with E-state index in [9.17, 15) is 9.59 Å². The van der Waals surface area contributed by atoms with Crippen LogP contribution in [0, 0.1) is 0 Å². The van der Waals surface area contributed by atoms with Crippen molar-refractivity contribution in [3.63, 3.8) is 0 Å². The van der Waals surface area contributed by atoms with Gasteiger partial charge in [-0.15, -0.1) is 23.1 Å². The first-order valence-electron chi connectivity index (χ1n) is 12.8. The molecule has 1 heterocycles. The zero-order valence-corrected chi connectivity index (χ0v) is 22.8. The number of hydrogen-bond donors (Lipinski definition) is 2. The Balaban J connectivity index is 1.46. The second-order valence-corrected chi connectivity index (χ2v) is 11.5. The van der Waals surface area contributed by atoms with E-state index < -0.39 is 5.25 Å². The second kappa shape index (κ2) is 11.9. The van der Waals surface area contributed by atoms with E-state index >= 15 is 0 Å². The SMILES string of the molecule is CCOC(=O)c1c(NC(=O)C(Sc2ccc(N)cc2)c2ccccc2)sc2c1CCC(c1ccccc1)C2. The Kier molecular flexibility index (Phi) is 8.15. The molecule has 38 heavy (non-hydrogen) atoms. The van der Waals surface area contributed by atoms with Gasteiger partial charge in [0.15, 0.2) is 0 Å². The van der Waals surface area contributed by atoms with Gasteiger partial charge in [0.1, 0.15) is 10.3 Å². The first-order chi connectivity index (χ1) is 18.5. The van der Waals surface area contributed by atoms with Gasteiger partial charge in [-0.05, 0) is 73.1 Å². The largest absolute Gasteiger partial charge is 0.462 e. The lowest BCUT2D eigenvalue weighted by molar-refractivity contribution is -0.115. The summed E-state index contributed by atoms with van der Waals surface area (Å²) in [7, 11) is 0. The molecule has 1 amide bonds. The van der Waals surface area contributed by atoms with E-state index in [2.05, 4.69) is 29.6 Å². The van der Waals surface area contributed by atoms with Crippen LogP contribution >= 0.6 is 23.1 Å². The highest BCUT2D eigenvalue weighted by molar-refractivity contribution is 8.00. The molecule has 7 heteroatoms. The van der Waals surface area contributed by atoms with Crippen molar-refractivity contribution >= 4 is 45.7 Å². The maximum Gasteiger partial charge on any atom is 0.341 e. The van der Waals surface area contributed by atoms with E-state index in [-0.39, 0.29) is 18.5 Å². The molecule has 0 spiro atoms. The number of thiophene rings is 1. The van der Waals surface area contributed by atoms with Crippen molar-refractivity contribution in [3.8, 4) is 0 Å². The number of carbonyl (C=O) groups excluding carboxylic acids is 2. The number of ether oxygens (including phenoxy) is 1. The quantitative estimate of drug-likeness (QED) is 0.139. The van der Waals surface area contributed by atoms with Crippen molar-refractivity contribution in [2.45, 2.75) is 42.2 Å². The van der Waals surface area contributed by atoms with Crippen LogP contribution < -0.4 is 11.1 Å². The van der Waals surface area contributed by atoms with Crippen LogP contribution in [-0.2, 0) is 22.4 Å². The zero-order valence-electron chi connectivity index (χ0n) is 21.2. The van der Waals surface area contributed by atoms with Crippen LogP contribution in [0.15, 0.2) is 89.8 Å². The number of rotatable bonds is 8. The average molecular weight is 543 g/mol. The van der Waals surface area contributed by atoms with E-state index in [1.807, 2.05) is 60.7 Å². The molecular weight excluding hydrogens is 512 g/mol. The molecular formula is C31H30N2O3S2. The number of benzene rings is 3.